The molecule has 3 N–H and O–H groups in total. The maximum absolute atomic E-state index is 5.76. The summed E-state index contributed by atoms with van der Waals surface area (Å²) in [4.78, 5) is 0. The molecule has 3 nitrogen and oxygen atoms in total. The zero-order chi connectivity index (χ0) is 12.5. The second kappa shape index (κ2) is 5.25. The third-order valence-corrected chi connectivity index (χ3v) is 5.13. The Morgan fingerprint density at radius 1 is 1.35 bits per heavy atom. The third kappa shape index (κ3) is 3.01. The van der Waals surface area contributed by atoms with Gasteiger partial charge in [-0.25, -0.2) is 0 Å². The minimum atomic E-state index is -0.0211. The van der Waals surface area contributed by atoms with E-state index in [1.54, 1.807) is 7.11 Å². The zero-order valence-corrected chi connectivity index (χ0v) is 11.5. The fourth-order valence-electron chi connectivity index (χ4n) is 3.81. The van der Waals surface area contributed by atoms with E-state index in [1.807, 2.05) is 0 Å². The first kappa shape index (κ1) is 13.3. The summed E-state index contributed by atoms with van der Waals surface area (Å²) in [5.74, 6) is 8.51. The first-order valence-corrected chi connectivity index (χ1v) is 7.07. The number of nitrogens with two attached hydrogens (primary N) is 1. The summed E-state index contributed by atoms with van der Waals surface area (Å²) in [6.45, 7) is 4.31. The van der Waals surface area contributed by atoms with E-state index in [4.69, 9.17) is 10.6 Å². The van der Waals surface area contributed by atoms with Gasteiger partial charge in [0.15, 0.2) is 0 Å². The molecule has 100 valence electrons. The normalized spacial score (nSPS) is 34.2. The monoisotopic (exact) mass is 240 g/mol. The molecule has 0 amide bonds. The van der Waals surface area contributed by atoms with Crippen LogP contribution in [0.5, 0.6) is 0 Å². The standard InChI is InChI=1S/C14H28N2O/c1-14(2,17-3)7-6-13(16-15)12-9-10-4-5-11(12)8-10/h10-13,16H,4-9,15H2,1-3H3. The van der Waals surface area contributed by atoms with Crippen LogP contribution >= 0.6 is 0 Å². The number of hydrazine groups is 1. The lowest BCUT2D eigenvalue weighted by atomic mass is 9.81. The van der Waals surface area contributed by atoms with E-state index >= 15 is 0 Å². The number of nitrogens with one attached hydrogen (secondary N) is 1. The maximum atomic E-state index is 5.76. The molecular formula is C14H28N2O. The average molecular weight is 240 g/mol. The first-order chi connectivity index (χ1) is 8.05. The molecule has 0 spiro atoms. The van der Waals surface area contributed by atoms with E-state index in [2.05, 4.69) is 19.3 Å². The van der Waals surface area contributed by atoms with Gasteiger partial charge in [-0.2, -0.15) is 0 Å². The Hall–Kier alpha value is -0.120. The highest BCUT2D eigenvalue weighted by Gasteiger charge is 2.42. The second-order valence-corrected chi connectivity index (χ2v) is 6.61. The lowest BCUT2D eigenvalue weighted by molar-refractivity contribution is 0.00918. The van der Waals surface area contributed by atoms with Gasteiger partial charge in [0.25, 0.3) is 0 Å². The van der Waals surface area contributed by atoms with Gasteiger partial charge >= 0.3 is 0 Å². The molecule has 0 aromatic carbocycles. The fourth-order valence-corrected chi connectivity index (χ4v) is 3.81. The largest absolute Gasteiger partial charge is 0.379 e. The van der Waals surface area contributed by atoms with Crippen molar-refractivity contribution >= 4 is 0 Å². The van der Waals surface area contributed by atoms with Gasteiger partial charge < -0.3 is 4.74 Å². The Kier molecular flexibility index (Phi) is 4.11. The van der Waals surface area contributed by atoms with E-state index in [1.165, 1.54) is 25.7 Å². The molecule has 2 aliphatic carbocycles. The van der Waals surface area contributed by atoms with Crippen molar-refractivity contribution in [1.29, 1.82) is 0 Å². The Morgan fingerprint density at radius 2 is 2.12 bits per heavy atom. The smallest absolute Gasteiger partial charge is 0.0623 e. The lowest BCUT2D eigenvalue weighted by Gasteiger charge is -2.32. The van der Waals surface area contributed by atoms with Gasteiger partial charge in [-0.15, -0.1) is 0 Å². The van der Waals surface area contributed by atoms with Crippen molar-refractivity contribution in [3.63, 3.8) is 0 Å². The molecular weight excluding hydrogens is 212 g/mol. The van der Waals surface area contributed by atoms with Crippen molar-refractivity contribution in [3.8, 4) is 0 Å². The molecule has 0 saturated heterocycles. The van der Waals surface area contributed by atoms with Crippen molar-refractivity contribution in [2.24, 2.45) is 23.6 Å². The Balaban J connectivity index is 1.85. The van der Waals surface area contributed by atoms with Crippen molar-refractivity contribution in [2.45, 2.75) is 64.0 Å². The molecule has 2 saturated carbocycles. The van der Waals surface area contributed by atoms with Gasteiger partial charge in [0.2, 0.25) is 0 Å². The van der Waals surface area contributed by atoms with Gasteiger partial charge in [0, 0.05) is 13.2 Å². The van der Waals surface area contributed by atoms with E-state index in [9.17, 15) is 0 Å². The predicted molar refractivity (Wildman–Crippen MR) is 70.4 cm³/mol. The van der Waals surface area contributed by atoms with Crippen LogP contribution in [0, 0.1) is 17.8 Å². The lowest BCUT2D eigenvalue weighted by Crippen LogP contribution is -2.44. The highest BCUT2D eigenvalue weighted by atomic mass is 16.5. The van der Waals surface area contributed by atoms with Crippen molar-refractivity contribution in [3.05, 3.63) is 0 Å². The first-order valence-electron chi connectivity index (χ1n) is 7.07. The second-order valence-electron chi connectivity index (χ2n) is 6.61. The molecule has 3 heteroatoms. The van der Waals surface area contributed by atoms with Crippen LogP contribution in [0.25, 0.3) is 0 Å². The number of fused-ring (bicyclic) bond motifs is 2. The van der Waals surface area contributed by atoms with E-state index in [-0.39, 0.29) is 5.60 Å². The number of methoxy groups -OCH3 is 1. The minimum absolute atomic E-state index is 0.0211. The van der Waals surface area contributed by atoms with Crippen LogP contribution in [0.4, 0.5) is 0 Å². The topological polar surface area (TPSA) is 47.3 Å². The molecule has 0 heterocycles. The summed E-state index contributed by atoms with van der Waals surface area (Å²) in [5.41, 5.74) is 3.05. The van der Waals surface area contributed by atoms with Crippen molar-refractivity contribution in [1.82, 2.24) is 5.43 Å². The molecule has 4 atom stereocenters. The maximum Gasteiger partial charge on any atom is 0.0623 e. The summed E-state index contributed by atoms with van der Waals surface area (Å²) in [6, 6.07) is 0.486. The summed E-state index contributed by atoms with van der Waals surface area (Å²) in [7, 11) is 1.79. The van der Waals surface area contributed by atoms with Crippen LogP contribution in [-0.4, -0.2) is 18.8 Å². The summed E-state index contributed by atoms with van der Waals surface area (Å²) in [6.07, 6.45) is 7.95. The SMILES string of the molecule is COC(C)(C)CCC(NN)C1CC2CCC1C2. The number of rotatable bonds is 6. The molecule has 2 aliphatic rings. The van der Waals surface area contributed by atoms with Gasteiger partial charge in [0.1, 0.15) is 0 Å². The average Bonchev–Trinajstić information content (AvgIpc) is 2.92. The fraction of sp³-hybridized carbons (Fsp3) is 1.00. The molecule has 0 radical (unpaired) electrons. The number of hydrogen-bond acceptors (Lipinski definition) is 3. The predicted octanol–water partition coefficient (Wildman–Crippen LogP) is 2.46. The molecule has 2 bridgehead atoms. The van der Waals surface area contributed by atoms with Crippen LogP contribution in [0.15, 0.2) is 0 Å². The molecule has 2 fully saturated rings. The summed E-state index contributed by atoms with van der Waals surface area (Å²) >= 11 is 0. The summed E-state index contributed by atoms with van der Waals surface area (Å²) < 4.78 is 5.49. The van der Waals surface area contributed by atoms with Gasteiger partial charge in [-0.1, -0.05) is 6.42 Å². The number of ether oxygens (including phenoxy) is 1. The Bertz CT molecular complexity index is 255. The molecule has 0 aliphatic heterocycles. The van der Waals surface area contributed by atoms with Crippen molar-refractivity contribution in [2.75, 3.05) is 7.11 Å². The zero-order valence-electron chi connectivity index (χ0n) is 11.5. The van der Waals surface area contributed by atoms with Crippen LogP contribution in [0.2, 0.25) is 0 Å². The van der Waals surface area contributed by atoms with Crippen LogP contribution in [-0.2, 0) is 4.74 Å². The molecule has 17 heavy (non-hydrogen) atoms. The molecule has 4 unspecified atom stereocenters. The molecule has 2 rings (SSSR count). The van der Waals surface area contributed by atoms with Crippen LogP contribution in [0.3, 0.4) is 0 Å². The van der Waals surface area contributed by atoms with Crippen LogP contribution < -0.4 is 11.3 Å². The summed E-state index contributed by atoms with van der Waals surface area (Å²) in [5, 5.41) is 0. The molecule has 0 aromatic heterocycles. The van der Waals surface area contributed by atoms with E-state index in [0.717, 1.165) is 30.6 Å². The Morgan fingerprint density at radius 3 is 2.59 bits per heavy atom. The minimum Gasteiger partial charge on any atom is -0.379 e. The van der Waals surface area contributed by atoms with Crippen LogP contribution in [0.1, 0.15) is 52.4 Å². The highest BCUT2D eigenvalue weighted by Crippen LogP contribution is 2.50. The van der Waals surface area contributed by atoms with Crippen molar-refractivity contribution < 1.29 is 4.74 Å². The van der Waals surface area contributed by atoms with Gasteiger partial charge in [0.05, 0.1) is 5.60 Å². The van der Waals surface area contributed by atoms with E-state index < -0.39 is 0 Å². The highest BCUT2D eigenvalue weighted by molar-refractivity contribution is 4.95. The third-order valence-electron chi connectivity index (χ3n) is 5.13. The van der Waals surface area contributed by atoms with Gasteiger partial charge in [-0.3, -0.25) is 11.3 Å². The Labute approximate surface area is 105 Å². The quantitative estimate of drug-likeness (QED) is 0.554. The van der Waals surface area contributed by atoms with E-state index in [0.29, 0.717) is 6.04 Å². The molecule has 0 aromatic rings. The van der Waals surface area contributed by atoms with Gasteiger partial charge in [-0.05, 0) is 63.7 Å². The number of hydrogen-bond donors (Lipinski definition) is 2.